The highest BCUT2D eigenvalue weighted by atomic mass is 16.7. The van der Waals surface area contributed by atoms with Crippen molar-refractivity contribution in [3.05, 3.63) is 51.3 Å². The van der Waals surface area contributed by atoms with Gasteiger partial charge in [0.05, 0.1) is 17.8 Å². The van der Waals surface area contributed by atoms with Crippen molar-refractivity contribution in [3.63, 3.8) is 0 Å². The third kappa shape index (κ3) is 3.56. The van der Waals surface area contributed by atoms with E-state index in [0.717, 1.165) is 0 Å². The molecular weight excluding hydrogens is 351 g/mol. The predicted molar refractivity (Wildman–Crippen MR) is 101 cm³/mol. The molecule has 0 aliphatic carbocycles. The van der Waals surface area contributed by atoms with E-state index in [2.05, 4.69) is 0 Å². The van der Waals surface area contributed by atoms with Crippen LogP contribution in [-0.2, 0) is 9.31 Å². The topological polar surface area (TPSA) is 106 Å². The summed E-state index contributed by atoms with van der Waals surface area (Å²) in [5.41, 5.74) is -0.897. The Balaban J connectivity index is 2.00. The minimum absolute atomic E-state index is 0.265. The van der Waals surface area contributed by atoms with Crippen LogP contribution in [0, 0.1) is 0 Å². The molecule has 0 atom stereocenters. The van der Waals surface area contributed by atoms with Crippen molar-refractivity contribution < 1.29 is 28.7 Å². The van der Waals surface area contributed by atoms with E-state index in [9.17, 15) is 14.7 Å². The van der Waals surface area contributed by atoms with Gasteiger partial charge in [0, 0.05) is 5.39 Å². The number of hydrogen-bond donors (Lipinski definition) is 2. The van der Waals surface area contributed by atoms with Gasteiger partial charge >= 0.3 is 18.7 Å². The zero-order chi connectivity index (χ0) is 20.0. The van der Waals surface area contributed by atoms with E-state index < -0.39 is 35.5 Å². The molecule has 1 aromatic heterocycles. The zero-order valence-corrected chi connectivity index (χ0v) is 15.6. The number of carboxylic acids is 1. The zero-order valence-electron chi connectivity index (χ0n) is 15.6. The molecule has 0 bridgehead atoms. The molecule has 0 radical (unpaired) electrons. The molecule has 0 unspecified atom stereocenters. The Kier molecular flexibility index (Phi) is 4.75. The molecule has 2 N–H and O–H groups in total. The van der Waals surface area contributed by atoms with Crippen LogP contribution in [-0.4, -0.2) is 41.1 Å². The lowest BCUT2D eigenvalue weighted by Crippen LogP contribution is -2.41. The Labute approximate surface area is 156 Å². The fraction of sp³-hybridized carbons (Fsp3) is 0.368. The van der Waals surface area contributed by atoms with E-state index in [1.54, 1.807) is 24.3 Å². The lowest BCUT2D eigenvalue weighted by atomic mass is 9.77. The normalized spacial score (nSPS) is 18.9. The van der Waals surface area contributed by atoms with Crippen molar-refractivity contribution in [1.29, 1.82) is 0 Å². The predicted octanol–water partition coefficient (Wildman–Crippen LogP) is 2.50. The van der Waals surface area contributed by atoms with Gasteiger partial charge < -0.3 is 23.9 Å². The van der Waals surface area contributed by atoms with E-state index in [4.69, 9.17) is 18.8 Å². The summed E-state index contributed by atoms with van der Waals surface area (Å²) < 4.78 is 16.9. The molecule has 27 heavy (non-hydrogen) atoms. The fourth-order valence-electron chi connectivity index (χ4n) is 2.78. The maximum atomic E-state index is 11.7. The molecule has 7 nitrogen and oxygen atoms in total. The van der Waals surface area contributed by atoms with Crippen LogP contribution in [0.2, 0.25) is 0 Å². The summed E-state index contributed by atoms with van der Waals surface area (Å²) >= 11 is 0. The molecule has 142 valence electrons. The third-order valence-electron chi connectivity index (χ3n) is 5.08. The molecule has 1 aliphatic rings. The van der Waals surface area contributed by atoms with Crippen LogP contribution in [0.5, 0.6) is 0 Å². The molecule has 1 aromatic carbocycles. The van der Waals surface area contributed by atoms with Crippen molar-refractivity contribution in [1.82, 2.24) is 0 Å². The summed E-state index contributed by atoms with van der Waals surface area (Å²) in [6, 6.07) is 6.22. The minimum atomic E-state index is -1.35. The second-order valence-electron chi connectivity index (χ2n) is 7.52. The lowest BCUT2D eigenvalue weighted by Gasteiger charge is -2.32. The highest BCUT2D eigenvalue weighted by Gasteiger charge is 2.52. The summed E-state index contributed by atoms with van der Waals surface area (Å²) in [5, 5.41) is 19.3. The Morgan fingerprint density at radius 3 is 2.33 bits per heavy atom. The molecule has 0 saturated carbocycles. The third-order valence-corrected chi connectivity index (χ3v) is 5.08. The molecule has 0 amide bonds. The maximum absolute atomic E-state index is 11.7. The summed E-state index contributed by atoms with van der Waals surface area (Å²) in [6.45, 7) is 7.43. The minimum Gasteiger partial charge on any atom is -0.477 e. The first-order valence-corrected chi connectivity index (χ1v) is 8.52. The van der Waals surface area contributed by atoms with Gasteiger partial charge in [-0.15, -0.1) is 0 Å². The van der Waals surface area contributed by atoms with Crippen molar-refractivity contribution in [2.75, 3.05) is 6.61 Å². The van der Waals surface area contributed by atoms with Crippen molar-refractivity contribution in [2.45, 2.75) is 38.9 Å². The molecular formula is C19H21BO7. The van der Waals surface area contributed by atoms with Crippen LogP contribution in [0.15, 0.2) is 38.9 Å². The Morgan fingerprint density at radius 2 is 1.78 bits per heavy atom. The van der Waals surface area contributed by atoms with Gasteiger partial charge in [0.15, 0.2) is 0 Å². The molecule has 1 aliphatic heterocycles. The molecule has 2 heterocycles. The number of benzene rings is 1. The fourth-order valence-corrected chi connectivity index (χ4v) is 2.78. The first kappa shape index (κ1) is 19.3. The number of aliphatic hydroxyl groups excluding tert-OH is 1. The Bertz CT molecular complexity index is 971. The second kappa shape index (κ2) is 6.63. The molecule has 1 fully saturated rings. The van der Waals surface area contributed by atoms with Gasteiger partial charge in [-0.25, -0.2) is 9.59 Å². The van der Waals surface area contributed by atoms with Gasteiger partial charge in [-0.1, -0.05) is 12.1 Å². The first-order valence-electron chi connectivity index (χ1n) is 8.52. The quantitative estimate of drug-likeness (QED) is 0.627. The highest BCUT2D eigenvalue weighted by Crippen LogP contribution is 2.38. The SMILES string of the molecule is CC1(C)OB(C(=Cc2ccc3oc(=O)c(C(=O)O)cc3c2)CO)OC1(C)C. The molecule has 2 aromatic rings. The number of carbonyl (C=O) groups is 1. The lowest BCUT2D eigenvalue weighted by molar-refractivity contribution is 0.00578. The number of aliphatic hydroxyl groups is 1. The smallest absolute Gasteiger partial charge is 0.477 e. The van der Waals surface area contributed by atoms with Gasteiger partial charge in [0.1, 0.15) is 11.1 Å². The van der Waals surface area contributed by atoms with Crippen molar-refractivity contribution >= 4 is 30.1 Å². The first-order chi connectivity index (χ1) is 12.5. The average Bonchev–Trinajstić information content (AvgIpc) is 2.79. The van der Waals surface area contributed by atoms with Crippen LogP contribution < -0.4 is 5.63 Å². The van der Waals surface area contributed by atoms with Gasteiger partial charge in [-0.2, -0.15) is 0 Å². The van der Waals surface area contributed by atoms with Crippen LogP contribution >= 0.6 is 0 Å². The summed E-state index contributed by atoms with van der Waals surface area (Å²) in [7, 11) is -0.695. The van der Waals surface area contributed by atoms with E-state index in [0.29, 0.717) is 16.4 Å². The van der Waals surface area contributed by atoms with Gasteiger partial charge in [0.25, 0.3) is 0 Å². The van der Waals surface area contributed by atoms with E-state index in [1.807, 2.05) is 27.7 Å². The van der Waals surface area contributed by atoms with E-state index in [1.165, 1.54) is 6.07 Å². The van der Waals surface area contributed by atoms with E-state index in [-0.39, 0.29) is 12.2 Å². The summed E-state index contributed by atoms with van der Waals surface area (Å²) in [5.74, 6) is -1.35. The number of aromatic carboxylic acids is 1. The number of rotatable bonds is 4. The molecule has 1 saturated heterocycles. The van der Waals surface area contributed by atoms with E-state index >= 15 is 0 Å². The monoisotopic (exact) mass is 372 g/mol. The summed E-state index contributed by atoms with van der Waals surface area (Å²) in [6.07, 6.45) is 1.72. The van der Waals surface area contributed by atoms with Crippen LogP contribution in [0.4, 0.5) is 0 Å². The second-order valence-corrected chi connectivity index (χ2v) is 7.52. The summed E-state index contributed by atoms with van der Waals surface area (Å²) in [4.78, 5) is 22.8. The standard InChI is InChI=1S/C19H21BO7/c1-18(2)19(3,4)27-20(26-18)13(10-21)8-11-5-6-15-12(7-11)9-14(16(22)23)17(24)25-15/h5-9,21H,10H2,1-4H3,(H,22,23). The van der Waals surface area contributed by atoms with Gasteiger partial charge in [-0.05, 0) is 56.9 Å². The van der Waals surface area contributed by atoms with Crippen LogP contribution in [0.25, 0.3) is 17.0 Å². The number of hydrogen-bond acceptors (Lipinski definition) is 6. The molecule has 0 spiro atoms. The van der Waals surface area contributed by atoms with Crippen LogP contribution in [0.3, 0.4) is 0 Å². The highest BCUT2D eigenvalue weighted by molar-refractivity contribution is 6.55. The van der Waals surface area contributed by atoms with Crippen molar-refractivity contribution in [3.8, 4) is 0 Å². The maximum Gasteiger partial charge on any atom is 0.492 e. The van der Waals surface area contributed by atoms with Gasteiger partial charge in [0.2, 0.25) is 0 Å². The van der Waals surface area contributed by atoms with Crippen molar-refractivity contribution in [2.24, 2.45) is 0 Å². The Hall–Kier alpha value is -2.42. The van der Waals surface area contributed by atoms with Gasteiger partial charge in [-0.3, -0.25) is 0 Å². The Morgan fingerprint density at radius 1 is 1.15 bits per heavy atom. The van der Waals surface area contributed by atoms with Crippen LogP contribution in [0.1, 0.15) is 43.6 Å². The average molecular weight is 372 g/mol. The molecule has 8 heteroatoms. The molecule has 3 rings (SSSR count). The largest absolute Gasteiger partial charge is 0.492 e. The number of fused-ring (bicyclic) bond motifs is 1. The number of carboxylic acid groups (broad SMARTS) is 1.